The lowest BCUT2D eigenvalue weighted by molar-refractivity contribution is 0.589. The Hall–Kier alpha value is -1.61. The zero-order chi connectivity index (χ0) is 14.3. The van der Waals surface area contributed by atoms with Gasteiger partial charge in [-0.05, 0) is 41.3 Å². The molecule has 0 saturated heterocycles. The van der Waals surface area contributed by atoms with Crippen LogP contribution in [-0.2, 0) is 5.41 Å². The Balaban J connectivity index is 2.11. The van der Waals surface area contributed by atoms with Gasteiger partial charge in [0.05, 0.1) is 11.2 Å². The lowest BCUT2D eigenvalue weighted by Crippen LogP contribution is -2.11. The van der Waals surface area contributed by atoms with E-state index in [1.54, 1.807) is 0 Å². The van der Waals surface area contributed by atoms with E-state index in [1.807, 2.05) is 16.8 Å². The minimum Gasteiger partial charge on any atom is -0.240 e. The molecule has 0 aliphatic carbocycles. The van der Waals surface area contributed by atoms with Crippen LogP contribution in [0, 0.1) is 0 Å². The second-order valence-corrected chi connectivity index (χ2v) is 6.99. The van der Waals surface area contributed by atoms with Gasteiger partial charge in [0.25, 0.3) is 0 Å². The standard InChI is InChI=1S/C17H17BrN2/c1-17(2,3)13-5-4-6-15(10-13)20-11-12-9-14(18)7-8-16(12)19-20/h4-11H,1-3H3. The highest BCUT2D eigenvalue weighted by Gasteiger charge is 2.14. The van der Waals surface area contributed by atoms with Crippen LogP contribution in [0.5, 0.6) is 0 Å². The SMILES string of the molecule is CC(C)(C)c1cccc(-n2cc3cc(Br)ccc3n2)c1. The van der Waals surface area contributed by atoms with Gasteiger partial charge in [-0.15, -0.1) is 0 Å². The van der Waals surface area contributed by atoms with Gasteiger partial charge in [0.1, 0.15) is 0 Å². The number of benzene rings is 2. The molecule has 3 heteroatoms. The first kappa shape index (κ1) is 13.4. The molecule has 0 radical (unpaired) electrons. The Bertz CT molecular complexity index is 766. The molecule has 2 nitrogen and oxygen atoms in total. The number of nitrogens with zero attached hydrogens (tertiary/aromatic N) is 2. The molecule has 3 rings (SSSR count). The predicted molar refractivity (Wildman–Crippen MR) is 87.5 cm³/mol. The maximum atomic E-state index is 4.64. The van der Waals surface area contributed by atoms with Crippen molar-refractivity contribution >= 4 is 26.8 Å². The lowest BCUT2D eigenvalue weighted by Gasteiger charge is -2.19. The molecule has 2 aromatic carbocycles. The number of halogens is 1. The molecule has 0 N–H and O–H groups in total. The average molecular weight is 329 g/mol. The first-order valence-electron chi connectivity index (χ1n) is 6.69. The van der Waals surface area contributed by atoms with Crippen LogP contribution in [0.3, 0.4) is 0 Å². The molecule has 3 aromatic rings. The summed E-state index contributed by atoms with van der Waals surface area (Å²) in [5.41, 5.74) is 3.57. The molecule has 0 aliphatic heterocycles. The molecule has 20 heavy (non-hydrogen) atoms. The molecule has 0 fully saturated rings. The third-order valence-electron chi connectivity index (χ3n) is 3.44. The predicted octanol–water partition coefficient (Wildman–Crippen LogP) is 5.09. The summed E-state index contributed by atoms with van der Waals surface area (Å²) in [5, 5.41) is 5.78. The zero-order valence-electron chi connectivity index (χ0n) is 11.9. The van der Waals surface area contributed by atoms with Gasteiger partial charge in [-0.3, -0.25) is 0 Å². The molecule has 1 heterocycles. The van der Waals surface area contributed by atoms with E-state index in [-0.39, 0.29) is 5.41 Å². The van der Waals surface area contributed by atoms with Crippen molar-refractivity contribution in [2.75, 3.05) is 0 Å². The van der Waals surface area contributed by atoms with E-state index < -0.39 is 0 Å². The molecule has 1 aromatic heterocycles. The Morgan fingerprint density at radius 3 is 2.60 bits per heavy atom. The Kier molecular flexibility index (Phi) is 3.17. The van der Waals surface area contributed by atoms with E-state index in [2.05, 4.69) is 78.3 Å². The van der Waals surface area contributed by atoms with Gasteiger partial charge >= 0.3 is 0 Å². The average Bonchev–Trinajstić information content (AvgIpc) is 2.81. The fraction of sp³-hybridized carbons (Fsp3) is 0.235. The van der Waals surface area contributed by atoms with Crippen molar-refractivity contribution in [1.82, 2.24) is 9.78 Å². The molecular weight excluding hydrogens is 312 g/mol. The number of fused-ring (bicyclic) bond motifs is 1. The van der Waals surface area contributed by atoms with Crippen LogP contribution in [0.1, 0.15) is 26.3 Å². The summed E-state index contributed by atoms with van der Waals surface area (Å²) >= 11 is 3.50. The summed E-state index contributed by atoms with van der Waals surface area (Å²) in [7, 11) is 0. The van der Waals surface area contributed by atoms with E-state index in [0.717, 1.165) is 21.1 Å². The zero-order valence-corrected chi connectivity index (χ0v) is 13.5. The van der Waals surface area contributed by atoms with E-state index >= 15 is 0 Å². The van der Waals surface area contributed by atoms with Gasteiger partial charge in [0, 0.05) is 16.1 Å². The van der Waals surface area contributed by atoms with Crippen molar-refractivity contribution in [3.63, 3.8) is 0 Å². The van der Waals surface area contributed by atoms with Crippen LogP contribution < -0.4 is 0 Å². The van der Waals surface area contributed by atoms with E-state index in [4.69, 9.17) is 0 Å². The van der Waals surface area contributed by atoms with Crippen molar-refractivity contribution < 1.29 is 0 Å². The summed E-state index contributed by atoms with van der Waals surface area (Å²) in [6, 6.07) is 14.7. The minimum absolute atomic E-state index is 0.144. The molecule has 0 atom stereocenters. The molecule has 0 unspecified atom stereocenters. The maximum Gasteiger partial charge on any atom is 0.0928 e. The third kappa shape index (κ3) is 2.50. The molecule has 102 valence electrons. The second-order valence-electron chi connectivity index (χ2n) is 6.08. The second kappa shape index (κ2) is 4.74. The largest absolute Gasteiger partial charge is 0.240 e. The third-order valence-corrected chi connectivity index (χ3v) is 3.94. The molecule has 0 spiro atoms. The number of hydrogen-bond acceptors (Lipinski definition) is 1. The highest BCUT2D eigenvalue weighted by molar-refractivity contribution is 9.10. The number of rotatable bonds is 1. The molecule has 0 amide bonds. The van der Waals surface area contributed by atoms with Gasteiger partial charge in [-0.25, -0.2) is 4.68 Å². The van der Waals surface area contributed by atoms with Crippen LogP contribution in [-0.4, -0.2) is 9.78 Å². The fourth-order valence-corrected chi connectivity index (χ4v) is 2.62. The fourth-order valence-electron chi connectivity index (χ4n) is 2.24. The first-order chi connectivity index (χ1) is 9.43. The van der Waals surface area contributed by atoms with Crippen molar-refractivity contribution in [1.29, 1.82) is 0 Å². The van der Waals surface area contributed by atoms with Crippen LogP contribution in [0.4, 0.5) is 0 Å². The maximum absolute atomic E-state index is 4.64. The summed E-state index contributed by atoms with van der Waals surface area (Å²) in [6.45, 7) is 6.68. The van der Waals surface area contributed by atoms with E-state index in [1.165, 1.54) is 5.56 Å². The minimum atomic E-state index is 0.144. The smallest absolute Gasteiger partial charge is 0.0928 e. The van der Waals surface area contributed by atoms with E-state index in [9.17, 15) is 0 Å². The van der Waals surface area contributed by atoms with Crippen LogP contribution in [0.15, 0.2) is 53.1 Å². The highest BCUT2D eigenvalue weighted by Crippen LogP contribution is 2.25. The van der Waals surface area contributed by atoms with Crippen molar-refractivity contribution in [2.45, 2.75) is 26.2 Å². The quantitative estimate of drug-likeness (QED) is 0.608. The molecule has 0 aliphatic rings. The van der Waals surface area contributed by atoms with Crippen LogP contribution in [0.2, 0.25) is 0 Å². The first-order valence-corrected chi connectivity index (χ1v) is 7.49. The van der Waals surface area contributed by atoms with Gasteiger partial charge in [0.2, 0.25) is 0 Å². The van der Waals surface area contributed by atoms with Crippen LogP contribution in [0.25, 0.3) is 16.6 Å². The molecular formula is C17H17BrN2. The Morgan fingerprint density at radius 1 is 1.05 bits per heavy atom. The number of hydrogen-bond donors (Lipinski definition) is 0. The summed E-state index contributed by atoms with van der Waals surface area (Å²) in [5.74, 6) is 0. The monoisotopic (exact) mass is 328 g/mol. The van der Waals surface area contributed by atoms with Gasteiger partial charge in [0.15, 0.2) is 0 Å². The summed E-state index contributed by atoms with van der Waals surface area (Å²) < 4.78 is 3.03. The van der Waals surface area contributed by atoms with Crippen molar-refractivity contribution in [2.24, 2.45) is 0 Å². The van der Waals surface area contributed by atoms with Gasteiger partial charge in [-0.2, -0.15) is 5.10 Å². The molecule has 0 bridgehead atoms. The van der Waals surface area contributed by atoms with Crippen LogP contribution >= 0.6 is 15.9 Å². The Labute approximate surface area is 127 Å². The van der Waals surface area contributed by atoms with Crippen molar-refractivity contribution in [3.8, 4) is 5.69 Å². The topological polar surface area (TPSA) is 17.8 Å². The van der Waals surface area contributed by atoms with E-state index in [0.29, 0.717) is 0 Å². The van der Waals surface area contributed by atoms with Gasteiger partial charge in [-0.1, -0.05) is 48.8 Å². The number of aromatic nitrogens is 2. The van der Waals surface area contributed by atoms with Gasteiger partial charge < -0.3 is 0 Å². The highest BCUT2D eigenvalue weighted by atomic mass is 79.9. The Morgan fingerprint density at radius 2 is 1.85 bits per heavy atom. The summed E-state index contributed by atoms with van der Waals surface area (Å²) in [4.78, 5) is 0. The summed E-state index contributed by atoms with van der Waals surface area (Å²) in [6.07, 6.45) is 2.07. The normalized spacial score (nSPS) is 12.0. The molecule has 0 saturated carbocycles. The lowest BCUT2D eigenvalue weighted by atomic mass is 9.87. The van der Waals surface area contributed by atoms with Crippen molar-refractivity contribution in [3.05, 3.63) is 58.7 Å².